The molecule has 26 heavy (non-hydrogen) atoms. The lowest BCUT2D eigenvalue weighted by atomic mass is 10.2. The minimum absolute atomic E-state index is 0.0784. The van der Waals surface area contributed by atoms with Crippen LogP contribution in [0.3, 0.4) is 0 Å². The summed E-state index contributed by atoms with van der Waals surface area (Å²) in [6.45, 7) is 2.00. The Kier molecular flexibility index (Phi) is 5.43. The van der Waals surface area contributed by atoms with Crippen molar-refractivity contribution in [3.8, 4) is 0 Å². The monoisotopic (exact) mass is 370 g/mol. The van der Waals surface area contributed by atoms with E-state index < -0.39 is 5.91 Å². The first-order valence-corrected chi connectivity index (χ1v) is 8.27. The summed E-state index contributed by atoms with van der Waals surface area (Å²) in [7, 11) is 0. The molecule has 0 atom stereocenters. The van der Waals surface area contributed by atoms with Crippen LogP contribution in [0.4, 0.5) is 15.9 Å². The molecular weight excluding hydrogens is 355 g/mol. The van der Waals surface area contributed by atoms with Gasteiger partial charge >= 0.3 is 0 Å². The normalized spacial score (nSPS) is 10.4. The van der Waals surface area contributed by atoms with Crippen molar-refractivity contribution in [3.63, 3.8) is 0 Å². The fourth-order valence-electron chi connectivity index (χ4n) is 2.24. The minimum atomic E-state index is -0.425. The van der Waals surface area contributed by atoms with E-state index in [1.807, 2.05) is 19.1 Å². The molecule has 0 radical (unpaired) electrons. The summed E-state index contributed by atoms with van der Waals surface area (Å²) in [5.74, 6) is -0.309. The SMILES string of the molecule is Cc1ccc(Nc2cnc(C(=O)NCc3ccccc3F)cn2)cc1Cl. The van der Waals surface area contributed by atoms with Crippen molar-refractivity contribution in [1.82, 2.24) is 15.3 Å². The van der Waals surface area contributed by atoms with Crippen LogP contribution in [0, 0.1) is 12.7 Å². The number of hydrogen-bond donors (Lipinski definition) is 2. The predicted octanol–water partition coefficient (Wildman–Crippen LogP) is 4.25. The molecule has 3 aromatic rings. The number of hydrogen-bond acceptors (Lipinski definition) is 4. The quantitative estimate of drug-likeness (QED) is 0.704. The second-order valence-electron chi connectivity index (χ2n) is 5.65. The van der Waals surface area contributed by atoms with E-state index >= 15 is 0 Å². The average Bonchev–Trinajstić information content (AvgIpc) is 2.64. The number of amides is 1. The number of rotatable bonds is 5. The van der Waals surface area contributed by atoms with E-state index in [9.17, 15) is 9.18 Å². The molecule has 7 heteroatoms. The second kappa shape index (κ2) is 7.93. The second-order valence-corrected chi connectivity index (χ2v) is 6.06. The van der Waals surface area contributed by atoms with Crippen LogP contribution in [0.1, 0.15) is 21.6 Å². The minimum Gasteiger partial charge on any atom is -0.346 e. The molecule has 5 nitrogen and oxygen atoms in total. The Labute approximate surface area is 155 Å². The Balaban J connectivity index is 1.62. The maximum absolute atomic E-state index is 13.6. The van der Waals surface area contributed by atoms with Gasteiger partial charge in [-0.15, -0.1) is 0 Å². The Morgan fingerprint density at radius 1 is 1.15 bits per heavy atom. The van der Waals surface area contributed by atoms with E-state index in [0.29, 0.717) is 16.4 Å². The molecule has 0 saturated heterocycles. The van der Waals surface area contributed by atoms with E-state index in [4.69, 9.17) is 11.6 Å². The molecule has 0 fully saturated rings. The molecule has 0 spiro atoms. The largest absolute Gasteiger partial charge is 0.346 e. The Bertz CT molecular complexity index is 931. The molecule has 0 unspecified atom stereocenters. The van der Waals surface area contributed by atoms with Crippen LogP contribution in [-0.2, 0) is 6.54 Å². The van der Waals surface area contributed by atoms with Crippen LogP contribution >= 0.6 is 11.6 Å². The standard InChI is InChI=1S/C19H16ClFN4O/c1-12-6-7-14(8-15(12)20)25-18-11-22-17(10-23-18)19(26)24-9-13-4-2-3-5-16(13)21/h2-8,10-11H,9H2,1H3,(H,23,25)(H,24,26). The fourth-order valence-corrected chi connectivity index (χ4v) is 2.42. The molecule has 132 valence electrons. The number of carbonyl (C=O) groups excluding carboxylic acids is 1. The maximum atomic E-state index is 13.6. The molecule has 0 saturated carbocycles. The molecule has 0 aliphatic carbocycles. The molecular formula is C19H16ClFN4O. The van der Waals surface area contributed by atoms with Gasteiger partial charge in [0.15, 0.2) is 0 Å². The van der Waals surface area contributed by atoms with Crippen LogP contribution in [0.2, 0.25) is 5.02 Å². The third kappa shape index (κ3) is 4.34. The van der Waals surface area contributed by atoms with Gasteiger partial charge in [0.1, 0.15) is 17.3 Å². The predicted molar refractivity (Wildman–Crippen MR) is 99.1 cm³/mol. The molecule has 0 aliphatic heterocycles. The Morgan fingerprint density at radius 2 is 1.96 bits per heavy atom. The first-order valence-electron chi connectivity index (χ1n) is 7.90. The van der Waals surface area contributed by atoms with Gasteiger partial charge in [0.25, 0.3) is 5.91 Å². The first kappa shape index (κ1) is 17.8. The lowest BCUT2D eigenvalue weighted by Crippen LogP contribution is -2.24. The van der Waals surface area contributed by atoms with Gasteiger partial charge in [0.2, 0.25) is 0 Å². The van der Waals surface area contributed by atoms with Crippen molar-refractivity contribution in [2.75, 3.05) is 5.32 Å². The van der Waals surface area contributed by atoms with Gasteiger partial charge in [-0.2, -0.15) is 0 Å². The summed E-state index contributed by atoms with van der Waals surface area (Å²) in [6.07, 6.45) is 2.81. The lowest BCUT2D eigenvalue weighted by molar-refractivity contribution is 0.0945. The molecule has 0 bridgehead atoms. The number of nitrogens with zero attached hydrogens (tertiary/aromatic N) is 2. The zero-order chi connectivity index (χ0) is 18.5. The van der Waals surface area contributed by atoms with Crippen molar-refractivity contribution < 1.29 is 9.18 Å². The summed E-state index contributed by atoms with van der Waals surface area (Å²) in [4.78, 5) is 20.4. The van der Waals surface area contributed by atoms with Crippen LogP contribution in [0.15, 0.2) is 54.9 Å². The molecule has 1 heterocycles. The summed E-state index contributed by atoms with van der Waals surface area (Å²) >= 11 is 6.09. The highest BCUT2D eigenvalue weighted by Gasteiger charge is 2.09. The van der Waals surface area contributed by atoms with Crippen molar-refractivity contribution in [3.05, 3.63) is 82.5 Å². The number of aryl methyl sites for hydroxylation is 1. The van der Waals surface area contributed by atoms with Gasteiger partial charge in [0, 0.05) is 22.8 Å². The molecule has 2 aromatic carbocycles. The third-order valence-corrected chi connectivity index (χ3v) is 4.13. The molecule has 2 N–H and O–H groups in total. The maximum Gasteiger partial charge on any atom is 0.271 e. The highest BCUT2D eigenvalue weighted by molar-refractivity contribution is 6.31. The van der Waals surface area contributed by atoms with Crippen molar-refractivity contribution in [2.24, 2.45) is 0 Å². The van der Waals surface area contributed by atoms with Crippen LogP contribution in [0.5, 0.6) is 0 Å². The van der Waals surface area contributed by atoms with Crippen LogP contribution < -0.4 is 10.6 Å². The number of halogens is 2. The highest BCUT2D eigenvalue weighted by Crippen LogP contribution is 2.22. The lowest BCUT2D eigenvalue weighted by Gasteiger charge is -2.08. The summed E-state index contributed by atoms with van der Waals surface area (Å²) < 4.78 is 13.6. The summed E-state index contributed by atoms with van der Waals surface area (Å²) in [6, 6.07) is 11.8. The van der Waals surface area contributed by atoms with Crippen molar-refractivity contribution in [2.45, 2.75) is 13.5 Å². The Hall–Kier alpha value is -2.99. The van der Waals surface area contributed by atoms with Crippen molar-refractivity contribution in [1.29, 1.82) is 0 Å². The van der Waals surface area contributed by atoms with Gasteiger partial charge in [-0.1, -0.05) is 35.9 Å². The van der Waals surface area contributed by atoms with E-state index in [2.05, 4.69) is 20.6 Å². The van der Waals surface area contributed by atoms with Gasteiger partial charge < -0.3 is 10.6 Å². The third-order valence-electron chi connectivity index (χ3n) is 3.73. The zero-order valence-corrected chi connectivity index (χ0v) is 14.7. The van der Waals surface area contributed by atoms with Gasteiger partial charge in [-0.3, -0.25) is 4.79 Å². The highest BCUT2D eigenvalue weighted by atomic mass is 35.5. The summed E-state index contributed by atoms with van der Waals surface area (Å²) in [5, 5.41) is 6.33. The van der Waals surface area contributed by atoms with Crippen LogP contribution in [-0.4, -0.2) is 15.9 Å². The number of anilines is 2. The number of benzene rings is 2. The molecule has 1 amide bonds. The van der Waals surface area contributed by atoms with Crippen LogP contribution in [0.25, 0.3) is 0 Å². The summed E-state index contributed by atoms with van der Waals surface area (Å²) in [5.41, 5.74) is 2.30. The Morgan fingerprint density at radius 3 is 2.65 bits per heavy atom. The van der Waals surface area contributed by atoms with Gasteiger partial charge in [0.05, 0.1) is 12.4 Å². The molecule has 3 rings (SSSR count). The van der Waals surface area contributed by atoms with E-state index in [-0.39, 0.29) is 18.1 Å². The van der Waals surface area contributed by atoms with Gasteiger partial charge in [-0.05, 0) is 30.7 Å². The topological polar surface area (TPSA) is 66.9 Å². The molecule has 1 aromatic heterocycles. The van der Waals surface area contributed by atoms with E-state index in [1.165, 1.54) is 18.5 Å². The average molecular weight is 371 g/mol. The van der Waals surface area contributed by atoms with Crippen molar-refractivity contribution >= 4 is 29.0 Å². The first-order chi connectivity index (χ1) is 12.5. The van der Waals surface area contributed by atoms with E-state index in [0.717, 1.165) is 11.3 Å². The number of carbonyl (C=O) groups is 1. The fraction of sp³-hybridized carbons (Fsp3) is 0.105. The van der Waals surface area contributed by atoms with E-state index in [1.54, 1.807) is 24.3 Å². The number of aromatic nitrogens is 2. The van der Waals surface area contributed by atoms with Gasteiger partial charge in [-0.25, -0.2) is 14.4 Å². The zero-order valence-electron chi connectivity index (χ0n) is 14.0. The molecule has 0 aliphatic rings. The smallest absolute Gasteiger partial charge is 0.271 e. The number of nitrogens with one attached hydrogen (secondary N) is 2.